The van der Waals surface area contributed by atoms with E-state index in [4.69, 9.17) is 9.97 Å². The molecular formula is C50H33N3. The molecule has 2 unspecified atom stereocenters. The predicted octanol–water partition coefficient (Wildman–Crippen LogP) is 11.7. The topological polar surface area (TPSA) is 49.6 Å². The summed E-state index contributed by atoms with van der Waals surface area (Å²) in [7, 11) is 0. The van der Waals surface area contributed by atoms with Crippen LogP contribution in [0.25, 0.3) is 56.7 Å². The SMILES string of the molecule is C=Cc1c(-c2ccccc2)nc(-c2ccccc2)nc1-c1ccc(C2=CC=CC3C2c2ccc(C#N)cc2C32c3ccccc3-c3ccccc32)cc1. The number of allylic oxidation sites excluding steroid dienone is 4. The molecule has 0 saturated heterocycles. The molecule has 248 valence electrons. The highest BCUT2D eigenvalue weighted by Crippen LogP contribution is 2.67. The van der Waals surface area contributed by atoms with Gasteiger partial charge < -0.3 is 0 Å². The van der Waals surface area contributed by atoms with Gasteiger partial charge in [0.1, 0.15) is 0 Å². The molecular weight excluding hydrogens is 643 g/mol. The number of rotatable bonds is 5. The van der Waals surface area contributed by atoms with Crippen molar-refractivity contribution in [2.24, 2.45) is 5.92 Å². The molecule has 0 N–H and O–H groups in total. The number of hydrogen-bond donors (Lipinski definition) is 0. The zero-order valence-electron chi connectivity index (χ0n) is 28.9. The number of aromatic nitrogens is 2. The van der Waals surface area contributed by atoms with Crippen molar-refractivity contribution in [1.29, 1.82) is 5.26 Å². The normalized spacial score (nSPS) is 16.9. The summed E-state index contributed by atoms with van der Waals surface area (Å²) in [6.07, 6.45) is 8.80. The van der Waals surface area contributed by atoms with Crippen LogP contribution in [0.3, 0.4) is 0 Å². The highest BCUT2D eigenvalue weighted by molar-refractivity contribution is 5.90. The lowest BCUT2D eigenvalue weighted by Gasteiger charge is -2.37. The number of fused-ring (bicyclic) bond motifs is 10. The molecule has 53 heavy (non-hydrogen) atoms. The fraction of sp³-hybridized carbons (Fsp3) is 0.0600. The monoisotopic (exact) mass is 675 g/mol. The first-order chi connectivity index (χ1) is 26.2. The van der Waals surface area contributed by atoms with Crippen molar-refractivity contribution < 1.29 is 0 Å². The molecule has 0 fully saturated rings. The number of benzene rings is 6. The number of hydrogen-bond acceptors (Lipinski definition) is 3. The summed E-state index contributed by atoms with van der Waals surface area (Å²) < 4.78 is 0. The van der Waals surface area contributed by atoms with Gasteiger partial charge in [0.25, 0.3) is 0 Å². The van der Waals surface area contributed by atoms with E-state index >= 15 is 0 Å². The van der Waals surface area contributed by atoms with Crippen LogP contribution in [0, 0.1) is 17.2 Å². The zero-order valence-corrected chi connectivity index (χ0v) is 28.9. The Morgan fingerprint density at radius 2 is 1.17 bits per heavy atom. The Balaban J connectivity index is 1.12. The summed E-state index contributed by atoms with van der Waals surface area (Å²) in [5, 5.41) is 10.1. The van der Waals surface area contributed by atoms with E-state index in [1.807, 2.05) is 48.5 Å². The van der Waals surface area contributed by atoms with Crippen LogP contribution in [0.4, 0.5) is 0 Å². The second-order valence-electron chi connectivity index (χ2n) is 14.0. The van der Waals surface area contributed by atoms with Crippen molar-refractivity contribution >= 4 is 11.6 Å². The van der Waals surface area contributed by atoms with Gasteiger partial charge in [-0.1, -0.05) is 170 Å². The molecule has 7 aromatic rings. The van der Waals surface area contributed by atoms with Gasteiger partial charge in [0.05, 0.1) is 28.4 Å². The maximum absolute atomic E-state index is 10.1. The van der Waals surface area contributed by atoms with Gasteiger partial charge in [-0.05, 0) is 56.6 Å². The van der Waals surface area contributed by atoms with Gasteiger partial charge in [-0.15, -0.1) is 0 Å². The van der Waals surface area contributed by atoms with Crippen LogP contribution >= 0.6 is 0 Å². The Hall–Kier alpha value is -6.89. The lowest BCUT2D eigenvalue weighted by molar-refractivity contribution is 0.472. The minimum Gasteiger partial charge on any atom is -0.227 e. The highest BCUT2D eigenvalue weighted by atomic mass is 14.9. The summed E-state index contributed by atoms with van der Waals surface area (Å²) in [5.41, 5.74) is 16.0. The molecule has 2 atom stereocenters. The van der Waals surface area contributed by atoms with E-state index in [2.05, 4.69) is 140 Å². The first kappa shape index (κ1) is 30.9. The molecule has 3 nitrogen and oxygen atoms in total. The standard InChI is InChI=1S/C50H33N3/c1-2-37-47(34-14-5-3-6-15-34)52-49(36-16-7-4-8-17-36)53-48(37)35-27-25-33(26-28-35)38-20-13-23-44-46(38)41-29-24-32(31-51)30-45(41)50(44)42-21-11-9-18-39(42)40-19-10-12-22-43(40)50/h2-30,44,46H,1H2. The van der Waals surface area contributed by atoms with E-state index in [1.165, 1.54) is 44.5 Å². The third-order valence-corrected chi connectivity index (χ3v) is 11.4. The van der Waals surface area contributed by atoms with E-state index < -0.39 is 5.41 Å². The van der Waals surface area contributed by atoms with Crippen molar-refractivity contribution in [3.05, 3.63) is 215 Å². The predicted molar refractivity (Wildman–Crippen MR) is 215 cm³/mol. The summed E-state index contributed by atoms with van der Waals surface area (Å²) in [6, 6.07) is 55.8. The molecule has 0 aliphatic heterocycles. The van der Waals surface area contributed by atoms with Crippen molar-refractivity contribution in [1.82, 2.24) is 9.97 Å². The Kier molecular flexibility index (Phi) is 7.06. The van der Waals surface area contributed by atoms with Gasteiger partial charge in [0, 0.05) is 34.1 Å². The molecule has 6 aromatic carbocycles. The van der Waals surface area contributed by atoms with Crippen LogP contribution in [0.2, 0.25) is 0 Å². The molecule has 1 spiro atoms. The van der Waals surface area contributed by atoms with E-state index in [0.717, 1.165) is 33.6 Å². The van der Waals surface area contributed by atoms with Crippen LogP contribution in [-0.4, -0.2) is 9.97 Å². The average molecular weight is 676 g/mol. The summed E-state index contributed by atoms with van der Waals surface area (Å²) >= 11 is 0. The van der Waals surface area contributed by atoms with Crippen molar-refractivity contribution in [3.63, 3.8) is 0 Å². The van der Waals surface area contributed by atoms with Crippen LogP contribution in [0.1, 0.15) is 44.9 Å². The number of nitriles is 1. The molecule has 1 heterocycles. The Morgan fingerprint density at radius 3 is 1.79 bits per heavy atom. The van der Waals surface area contributed by atoms with Crippen molar-refractivity contribution in [2.75, 3.05) is 0 Å². The lowest BCUT2D eigenvalue weighted by atomic mass is 9.64. The third kappa shape index (κ3) is 4.53. The second-order valence-corrected chi connectivity index (χ2v) is 14.0. The van der Waals surface area contributed by atoms with Gasteiger partial charge in [0.15, 0.2) is 5.82 Å². The zero-order chi connectivity index (χ0) is 35.5. The number of nitrogens with zero attached hydrogens (tertiary/aromatic N) is 3. The Bertz CT molecular complexity index is 2650. The van der Waals surface area contributed by atoms with Gasteiger partial charge in [0.2, 0.25) is 0 Å². The van der Waals surface area contributed by atoms with Gasteiger partial charge >= 0.3 is 0 Å². The van der Waals surface area contributed by atoms with Gasteiger partial charge in [-0.25, -0.2) is 9.97 Å². The minimum atomic E-state index is -0.405. The molecule has 10 rings (SSSR count). The van der Waals surface area contributed by atoms with E-state index in [-0.39, 0.29) is 11.8 Å². The highest BCUT2D eigenvalue weighted by Gasteiger charge is 2.58. The average Bonchev–Trinajstić information content (AvgIpc) is 3.71. The van der Waals surface area contributed by atoms with E-state index in [9.17, 15) is 5.26 Å². The quantitative estimate of drug-likeness (QED) is 0.182. The van der Waals surface area contributed by atoms with Crippen molar-refractivity contribution in [3.8, 4) is 51.1 Å². The van der Waals surface area contributed by atoms with Crippen LogP contribution < -0.4 is 0 Å². The van der Waals surface area contributed by atoms with Gasteiger partial charge in [-0.3, -0.25) is 0 Å². The summed E-state index contributed by atoms with van der Waals surface area (Å²) in [4.78, 5) is 10.2. The molecule has 0 amide bonds. The lowest BCUT2D eigenvalue weighted by Crippen LogP contribution is -2.33. The third-order valence-electron chi connectivity index (χ3n) is 11.4. The first-order valence-electron chi connectivity index (χ1n) is 18.1. The fourth-order valence-corrected chi connectivity index (χ4v) is 9.29. The fourth-order valence-electron chi connectivity index (χ4n) is 9.29. The second kappa shape index (κ2) is 12.1. The molecule has 3 heteroatoms. The van der Waals surface area contributed by atoms with E-state index in [0.29, 0.717) is 11.4 Å². The van der Waals surface area contributed by atoms with E-state index in [1.54, 1.807) is 0 Å². The summed E-state index contributed by atoms with van der Waals surface area (Å²) in [6.45, 7) is 4.22. The molecule has 3 aliphatic carbocycles. The Labute approximate surface area is 309 Å². The van der Waals surface area contributed by atoms with Gasteiger partial charge in [-0.2, -0.15) is 5.26 Å². The molecule has 3 aliphatic rings. The largest absolute Gasteiger partial charge is 0.227 e. The van der Waals surface area contributed by atoms with Crippen LogP contribution in [-0.2, 0) is 5.41 Å². The first-order valence-corrected chi connectivity index (χ1v) is 18.1. The maximum atomic E-state index is 10.1. The maximum Gasteiger partial charge on any atom is 0.160 e. The smallest absolute Gasteiger partial charge is 0.160 e. The Morgan fingerprint density at radius 1 is 0.604 bits per heavy atom. The van der Waals surface area contributed by atoms with Crippen LogP contribution in [0.5, 0.6) is 0 Å². The van der Waals surface area contributed by atoms with Crippen LogP contribution in [0.15, 0.2) is 176 Å². The minimum absolute atomic E-state index is 0.102. The molecule has 0 saturated carbocycles. The molecule has 0 radical (unpaired) electrons. The molecule has 0 bridgehead atoms. The molecule has 1 aromatic heterocycles. The van der Waals surface area contributed by atoms with Crippen molar-refractivity contribution in [2.45, 2.75) is 11.3 Å². The summed E-state index contributed by atoms with van der Waals surface area (Å²) in [5.74, 6) is 0.913.